The molecule has 4 heteroatoms. The molecule has 3 nitrogen and oxygen atoms in total. The predicted octanol–water partition coefficient (Wildman–Crippen LogP) is 0.355. The van der Waals surface area contributed by atoms with E-state index in [-0.39, 0.29) is 5.91 Å². The van der Waals surface area contributed by atoms with Crippen molar-refractivity contribution in [1.29, 1.82) is 0 Å². The van der Waals surface area contributed by atoms with Gasteiger partial charge in [-0.2, -0.15) is 0 Å². The summed E-state index contributed by atoms with van der Waals surface area (Å²) in [5.41, 5.74) is 0. The summed E-state index contributed by atoms with van der Waals surface area (Å²) in [6, 6.07) is 0. The van der Waals surface area contributed by atoms with E-state index in [9.17, 15) is 9.90 Å². The van der Waals surface area contributed by atoms with Gasteiger partial charge in [0.1, 0.15) is 0 Å². The summed E-state index contributed by atoms with van der Waals surface area (Å²) in [4.78, 5) is 13.4. The van der Waals surface area contributed by atoms with Crippen molar-refractivity contribution < 1.29 is 9.90 Å². The van der Waals surface area contributed by atoms with Gasteiger partial charge in [0.25, 0.3) is 0 Å². The van der Waals surface area contributed by atoms with E-state index in [1.54, 1.807) is 13.1 Å². The maximum Gasteiger partial charge on any atom is 0.249 e. The molecule has 1 N–H and O–H groups in total. The Morgan fingerprint density at radius 2 is 2.00 bits per heavy atom. The lowest BCUT2D eigenvalue weighted by molar-refractivity contribution is -0.128. The highest BCUT2D eigenvalue weighted by molar-refractivity contribution is 8.35. The summed E-state index contributed by atoms with van der Waals surface area (Å²) >= 11 is 0. The molecule has 1 aliphatic heterocycles. The van der Waals surface area contributed by atoms with Crippen LogP contribution in [0.5, 0.6) is 0 Å². The number of rotatable bonds is 1. The van der Waals surface area contributed by atoms with E-state index in [1.165, 1.54) is 4.90 Å². The van der Waals surface area contributed by atoms with Crippen molar-refractivity contribution in [1.82, 2.24) is 4.90 Å². The van der Waals surface area contributed by atoms with E-state index < -0.39 is 16.3 Å². The second-order valence-electron chi connectivity index (χ2n) is 3.71. The highest BCUT2D eigenvalue weighted by Crippen LogP contribution is 2.48. The van der Waals surface area contributed by atoms with Crippen LogP contribution in [0.1, 0.15) is 0 Å². The minimum absolute atomic E-state index is 0.0973. The zero-order chi connectivity index (χ0) is 9.52. The van der Waals surface area contributed by atoms with Crippen molar-refractivity contribution in [2.75, 3.05) is 25.8 Å². The molecule has 1 atom stereocenters. The van der Waals surface area contributed by atoms with Crippen molar-refractivity contribution in [3.8, 4) is 0 Å². The van der Waals surface area contributed by atoms with Crippen molar-refractivity contribution in [2.45, 2.75) is 6.23 Å². The Morgan fingerprint density at radius 1 is 1.50 bits per heavy atom. The van der Waals surface area contributed by atoms with E-state index in [4.69, 9.17) is 0 Å². The number of hydrogen-bond acceptors (Lipinski definition) is 2. The number of aliphatic hydroxyl groups excluding tert-OH is 1. The largest absolute Gasteiger partial charge is 0.369 e. The molecule has 12 heavy (non-hydrogen) atoms. The topological polar surface area (TPSA) is 40.5 Å². The van der Waals surface area contributed by atoms with Crippen molar-refractivity contribution in [3.05, 3.63) is 11.0 Å². The number of likely N-dealkylation sites (N-methyl/N-ethyl adjacent to an activating group) is 1. The van der Waals surface area contributed by atoms with Crippen LogP contribution in [-0.2, 0) is 4.79 Å². The number of aliphatic hydroxyl groups is 1. The summed E-state index contributed by atoms with van der Waals surface area (Å²) < 4.78 is 0. The van der Waals surface area contributed by atoms with Gasteiger partial charge < -0.3 is 10.0 Å². The standard InChI is InChI=1S/C8H15NO2S/c1-9-7(10)5-6(8(9)11)12(2,3)4/h5,8,11H,1-4H3. The summed E-state index contributed by atoms with van der Waals surface area (Å²) in [5, 5.41) is 9.62. The number of nitrogens with zero attached hydrogens (tertiary/aromatic N) is 1. The lowest BCUT2D eigenvalue weighted by Gasteiger charge is -2.30. The van der Waals surface area contributed by atoms with Crippen LogP contribution in [0.3, 0.4) is 0 Å². The van der Waals surface area contributed by atoms with Crippen LogP contribution in [0, 0.1) is 0 Å². The van der Waals surface area contributed by atoms with Gasteiger partial charge in [0.2, 0.25) is 5.91 Å². The van der Waals surface area contributed by atoms with Gasteiger partial charge in [-0.3, -0.25) is 4.79 Å². The van der Waals surface area contributed by atoms with E-state index in [0.29, 0.717) is 0 Å². The first-order valence-electron chi connectivity index (χ1n) is 3.69. The summed E-state index contributed by atoms with van der Waals surface area (Å²) in [6.07, 6.45) is 7.05. The fraction of sp³-hybridized carbons (Fsp3) is 0.625. The molecule has 0 aromatic rings. The molecule has 0 radical (unpaired) electrons. The number of hydrogen-bond donors (Lipinski definition) is 1. The fourth-order valence-electron chi connectivity index (χ4n) is 1.10. The smallest absolute Gasteiger partial charge is 0.249 e. The average molecular weight is 189 g/mol. The molecular formula is C8H15NO2S. The van der Waals surface area contributed by atoms with Crippen LogP contribution >= 0.6 is 10.0 Å². The number of carbonyl (C=O) groups is 1. The Labute approximate surface area is 74.4 Å². The lowest BCUT2D eigenvalue weighted by atomic mass is 10.5. The molecule has 1 heterocycles. The third-order valence-electron chi connectivity index (χ3n) is 1.94. The molecule has 0 aromatic heterocycles. The van der Waals surface area contributed by atoms with Gasteiger partial charge in [-0.05, 0) is 18.8 Å². The van der Waals surface area contributed by atoms with Gasteiger partial charge in [-0.1, -0.05) is 0 Å². The van der Waals surface area contributed by atoms with Crippen molar-refractivity contribution in [3.63, 3.8) is 0 Å². The minimum atomic E-state index is -0.969. The van der Waals surface area contributed by atoms with E-state index in [0.717, 1.165) is 4.91 Å². The Morgan fingerprint density at radius 3 is 2.17 bits per heavy atom. The number of carbonyl (C=O) groups excluding carboxylic acids is 1. The Hall–Kier alpha value is -0.480. The van der Waals surface area contributed by atoms with E-state index in [1.807, 2.05) is 0 Å². The normalized spacial score (nSPS) is 26.1. The van der Waals surface area contributed by atoms with E-state index in [2.05, 4.69) is 18.8 Å². The number of amides is 1. The van der Waals surface area contributed by atoms with Crippen LogP contribution < -0.4 is 0 Å². The first kappa shape index (κ1) is 9.61. The highest BCUT2D eigenvalue weighted by Gasteiger charge is 2.32. The molecule has 1 aliphatic rings. The molecule has 1 amide bonds. The minimum Gasteiger partial charge on any atom is -0.369 e. The monoisotopic (exact) mass is 189 g/mol. The predicted molar refractivity (Wildman–Crippen MR) is 52.2 cm³/mol. The Balaban J connectivity index is 2.95. The molecule has 0 saturated heterocycles. The SMILES string of the molecule is CN1C(=O)C=C(S(C)(C)C)C1O. The third-order valence-corrected chi connectivity index (χ3v) is 3.68. The lowest BCUT2D eigenvalue weighted by Crippen LogP contribution is -2.31. The first-order chi connectivity index (χ1) is 5.34. The highest BCUT2D eigenvalue weighted by atomic mass is 32.3. The summed E-state index contributed by atoms with van der Waals surface area (Å²) in [5.74, 6) is -0.0973. The van der Waals surface area contributed by atoms with Crippen LogP contribution in [0.15, 0.2) is 11.0 Å². The van der Waals surface area contributed by atoms with Crippen LogP contribution in [-0.4, -0.2) is 48.0 Å². The molecule has 0 aliphatic carbocycles. The average Bonchev–Trinajstić information content (AvgIpc) is 2.15. The van der Waals surface area contributed by atoms with Crippen molar-refractivity contribution >= 4 is 15.9 Å². The maximum atomic E-state index is 11.1. The third kappa shape index (κ3) is 1.49. The Bertz CT molecular complexity index is 242. The van der Waals surface area contributed by atoms with Gasteiger partial charge in [0.05, 0.1) is 0 Å². The summed E-state index contributed by atoms with van der Waals surface area (Å²) in [7, 11) is 0.644. The first-order valence-corrected chi connectivity index (χ1v) is 6.54. The Kier molecular flexibility index (Phi) is 2.23. The van der Waals surface area contributed by atoms with Crippen LogP contribution in [0.4, 0.5) is 0 Å². The fourth-order valence-corrected chi connectivity index (χ4v) is 2.35. The van der Waals surface area contributed by atoms with Crippen LogP contribution in [0.2, 0.25) is 0 Å². The van der Waals surface area contributed by atoms with Gasteiger partial charge in [-0.15, -0.1) is 0 Å². The maximum absolute atomic E-state index is 11.1. The van der Waals surface area contributed by atoms with E-state index >= 15 is 0 Å². The zero-order valence-electron chi connectivity index (χ0n) is 7.87. The van der Waals surface area contributed by atoms with Crippen LogP contribution in [0.25, 0.3) is 0 Å². The molecule has 1 rings (SSSR count). The molecule has 70 valence electrons. The van der Waals surface area contributed by atoms with Gasteiger partial charge in [0, 0.05) is 18.0 Å². The van der Waals surface area contributed by atoms with Crippen molar-refractivity contribution in [2.24, 2.45) is 0 Å². The second-order valence-corrected chi connectivity index (χ2v) is 7.85. The quantitative estimate of drug-likeness (QED) is 0.647. The zero-order valence-corrected chi connectivity index (χ0v) is 8.68. The van der Waals surface area contributed by atoms with Gasteiger partial charge in [-0.25, -0.2) is 10.0 Å². The molecule has 0 saturated carbocycles. The molecular weight excluding hydrogens is 174 g/mol. The molecule has 0 bridgehead atoms. The molecule has 1 unspecified atom stereocenters. The second kappa shape index (κ2) is 2.78. The summed E-state index contributed by atoms with van der Waals surface area (Å²) in [6.45, 7) is 0. The van der Waals surface area contributed by atoms with Gasteiger partial charge >= 0.3 is 0 Å². The molecule has 0 spiro atoms. The molecule has 0 aromatic carbocycles. The molecule has 0 fully saturated rings. The van der Waals surface area contributed by atoms with Gasteiger partial charge in [0.15, 0.2) is 6.23 Å².